The van der Waals surface area contributed by atoms with E-state index in [0.717, 1.165) is 21.6 Å². The van der Waals surface area contributed by atoms with Gasteiger partial charge in [-0.1, -0.05) is 41.3 Å². The summed E-state index contributed by atoms with van der Waals surface area (Å²) in [5, 5.41) is 0. The van der Waals surface area contributed by atoms with Gasteiger partial charge in [-0.15, -0.1) is 0 Å². The van der Waals surface area contributed by atoms with Crippen molar-refractivity contribution in [2.45, 2.75) is 39.0 Å². The van der Waals surface area contributed by atoms with Crippen LogP contribution in [0.3, 0.4) is 0 Å². The van der Waals surface area contributed by atoms with E-state index in [-0.39, 0.29) is 0 Å². The molecule has 92 valence electrons. The molecule has 0 saturated heterocycles. The molecular formula is C14H19BrN2. The molecule has 1 aromatic carbocycles. The third kappa shape index (κ3) is 3.09. The van der Waals surface area contributed by atoms with E-state index in [0.29, 0.717) is 5.92 Å². The highest BCUT2D eigenvalue weighted by Gasteiger charge is 2.17. The summed E-state index contributed by atoms with van der Waals surface area (Å²) in [6.07, 6.45) is 6.32. The third-order valence-corrected chi connectivity index (χ3v) is 4.37. The van der Waals surface area contributed by atoms with Crippen molar-refractivity contribution in [3.05, 3.63) is 28.2 Å². The van der Waals surface area contributed by atoms with Crippen LogP contribution < -0.4 is 5.73 Å². The third-order valence-electron chi connectivity index (χ3n) is 3.51. The van der Waals surface area contributed by atoms with Crippen LogP contribution in [0.1, 0.15) is 37.7 Å². The maximum absolute atomic E-state index is 6.13. The lowest BCUT2D eigenvalue weighted by molar-refractivity contribution is 0.437. The minimum Gasteiger partial charge on any atom is -0.387 e. The topological polar surface area (TPSA) is 38.4 Å². The average Bonchev–Trinajstić information content (AvgIpc) is 2.36. The molecule has 0 aliphatic heterocycles. The van der Waals surface area contributed by atoms with Gasteiger partial charge in [-0.2, -0.15) is 0 Å². The molecule has 0 aromatic heterocycles. The number of halogens is 1. The molecule has 0 bridgehead atoms. The predicted molar refractivity (Wildman–Crippen MR) is 76.7 cm³/mol. The number of nitrogens with two attached hydrogens (primary N) is 1. The molecule has 2 nitrogen and oxygen atoms in total. The van der Waals surface area contributed by atoms with E-state index in [1.165, 1.54) is 32.1 Å². The first-order valence-electron chi connectivity index (χ1n) is 6.27. The van der Waals surface area contributed by atoms with Gasteiger partial charge in [0.15, 0.2) is 0 Å². The number of aliphatic imine (C=N–C) groups is 1. The van der Waals surface area contributed by atoms with Crippen molar-refractivity contribution >= 4 is 27.5 Å². The van der Waals surface area contributed by atoms with Crippen molar-refractivity contribution in [3.8, 4) is 0 Å². The maximum atomic E-state index is 6.13. The van der Waals surface area contributed by atoms with E-state index in [2.05, 4.69) is 27.8 Å². The molecular weight excluding hydrogens is 276 g/mol. The molecule has 0 spiro atoms. The lowest BCUT2D eigenvalue weighted by atomic mass is 9.88. The first-order valence-corrected chi connectivity index (χ1v) is 7.07. The van der Waals surface area contributed by atoms with Crippen molar-refractivity contribution in [1.82, 2.24) is 0 Å². The molecule has 2 rings (SSSR count). The molecule has 0 amide bonds. The lowest BCUT2D eigenvalue weighted by Gasteiger charge is -2.21. The molecule has 1 aliphatic rings. The summed E-state index contributed by atoms with van der Waals surface area (Å²) < 4.78 is 1.09. The van der Waals surface area contributed by atoms with Gasteiger partial charge in [0, 0.05) is 10.4 Å². The van der Waals surface area contributed by atoms with Gasteiger partial charge >= 0.3 is 0 Å². The molecule has 0 atom stereocenters. The van der Waals surface area contributed by atoms with Crippen LogP contribution in [0.15, 0.2) is 27.7 Å². The summed E-state index contributed by atoms with van der Waals surface area (Å²) in [5.74, 6) is 1.30. The predicted octanol–water partition coefficient (Wildman–Crippen LogP) is 4.33. The zero-order valence-electron chi connectivity index (χ0n) is 10.2. The molecule has 3 heteroatoms. The Morgan fingerprint density at radius 1 is 1.29 bits per heavy atom. The summed E-state index contributed by atoms with van der Waals surface area (Å²) in [6, 6.07) is 6.06. The monoisotopic (exact) mass is 294 g/mol. The van der Waals surface area contributed by atoms with Gasteiger partial charge in [0.05, 0.1) is 5.69 Å². The molecule has 1 saturated carbocycles. The largest absolute Gasteiger partial charge is 0.387 e. The number of hydrogen-bond donors (Lipinski definition) is 1. The summed E-state index contributed by atoms with van der Waals surface area (Å²) in [5.41, 5.74) is 8.28. The second-order valence-electron chi connectivity index (χ2n) is 4.76. The summed E-state index contributed by atoms with van der Waals surface area (Å²) >= 11 is 3.52. The molecule has 0 unspecified atom stereocenters. The van der Waals surface area contributed by atoms with Crippen LogP contribution in [0.2, 0.25) is 0 Å². The first-order chi connectivity index (χ1) is 8.18. The summed E-state index contributed by atoms with van der Waals surface area (Å²) in [4.78, 5) is 4.61. The highest BCUT2D eigenvalue weighted by atomic mass is 79.9. The second-order valence-corrected chi connectivity index (χ2v) is 5.61. The lowest BCUT2D eigenvalue weighted by Crippen LogP contribution is -2.25. The Morgan fingerprint density at radius 3 is 2.71 bits per heavy atom. The van der Waals surface area contributed by atoms with Gasteiger partial charge < -0.3 is 5.73 Å². The summed E-state index contributed by atoms with van der Waals surface area (Å²) in [6.45, 7) is 2.07. The number of benzene rings is 1. The number of hydrogen-bond acceptors (Lipinski definition) is 1. The van der Waals surface area contributed by atoms with E-state index < -0.39 is 0 Å². The Bertz CT molecular complexity index is 420. The first kappa shape index (κ1) is 12.6. The minimum atomic E-state index is 0.488. The van der Waals surface area contributed by atoms with Crippen molar-refractivity contribution in [2.75, 3.05) is 0 Å². The van der Waals surface area contributed by atoms with Gasteiger partial charge in [0.1, 0.15) is 5.84 Å². The Labute approximate surface area is 111 Å². The van der Waals surface area contributed by atoms with Crippen molar-refractivity contribution < 1.29 is 0 Å². The highest BCUT2D eigenvalue weighted by molar-refractivity contribution is 9.10. The van der Waals surface area contributed by atoms with Crippen LogP contribution in [0.4, 0.5) is 5.69 Å². The fourth-order valence-electron chi connectivity index (χ4n) is 2.35. The van der Waals surface area contributed by atoms with E-state index in [9.17, 15) is 0 Å². The van der Waals surface area contributed by atoms with Crippen molar-refractivity contribution in [3.63, 3.8) is 0 Å². The maximum Gasteiger partial charge on any atom is 0.103 e. The van der Waals surface area contributed by atoms with Crippen molar-refractivity contribution in [2.24, 2.45) is 16.6 Å². The Balaban J connectivity index is 2.19. The number of nitrogens with zero attached hydrogens (tertiary/aromatic N) is 1. The van der Waals surface area contributed by atoms with Crippen LogP contribution in [-0.4, -0.2) is 5.84 Å². The van der Waals surface area contributed by atoms with Gasteiger partial charge in [0.25, 0.3) is 0 Å². The Hall–Kier alpha value is -0.830. The summed E-state index contributed by atoms with van der Waals surface area (Å²) in [7, 11) is 0. The molecule has 17 heavy (non-hydrogen) atoms. The fraction of sp³-hybridized carbons (Fsp3) is 0.500. The van der Waals surface area contributed by atoms with Crippen LogP contribution in [0.25, 0.3) is 0 Å². The minimum absolute atomic E-state index is 0.488. The van der Waals surface area contributed by atoms with E-state index >= 15 is 0 Å². The molecule has 0 heterocycles. The molecule has 0 radical (unpaired) electrons. The standard InChI is InChI=1S/C14H19BrN2/c1-10-12(15)8-5-9-13(10)17-14(16)11-6-3-2-4-7-11/h5,8-9,11H,2-4,6-7H2,1H3,(H2,16,17). The molecule has 1 aliphatic carbocycles. The molecule has 1 fully saturated rings. The van der Waals surface area contributed by atoms with Gasteiger partial charge in [-0.3, -0.25) is 0 Å². The SMILES string of the molecule is Cc1c(Br)cccc1N=C(N)C1CCCCC1. The zero-order valence-corrected chi connectivity index (χ0v) is 11.8. The van der Waals surface area contributed by atoms with Crippen LogP contribution in [0, 0.1) is 12.8 Å². The number of rotatable bonds is 2. The normalized spacial score (nSPS) is 18.4. The van der Waals surface area contributed by atoms with E-state index in [1.807, 2.05) is 18.2 Å². The van der Waals surface area contributed by atoms with E-state index in [4.69, 9.17) is 5.73 Å². The molecule has 2 N–H and O–H groups in total. The smallest absolute Gasteiger partial charge is 0.103 e. The quantitative estimate of drug-likeness (QED) is 0.640. The Morgan fingerprint density at radius 2 is 2.00 bits per heavy atom. The average molecular weight is 295 g/mol. The van der Waals surface area contributed by atoms with Gasteiger partial charge in [0.2, 0.25) is 0 Å². The van der Waals surface area contributed by atoms with Crippen LogP contribution in [-0.2, 0) is 0 Å². The van der Waals surface area contributed by atoms with Crippen LogP contribution in [0.5, 0.6) is 0 Å². The van der Waals surface area contributed by atoms with Crippen molar-refractivity contribution in [1.29, 1.82) is 0 Å². The number of amidine groups is 1. The van der Waals surface area contributed by atoms with E-state index in [1.54, 1.807) is 0 Å². The Kier molecular flexibility index (Phi) is 4.21. The van der Waals surface area contributed by atoms with Gasteiger partial charge in [-0.25, -0.2) is 4.99 Å². The molecule has 1 aromatic rings. The highest BCUT2D eigenvalue weighted by Crippen LogP contribution is 2.28. The zero-order chi connectivity index (χ0) is 12.3. The van der Waals surface area contributed by atoms with Gasteiger partial charge in [-0.05, 0) is 37.5 Å². The fourth-order valence-corrected chi connectivity index (χ4v) is 2.70. The second kappa shape index (κ2) is 5.67. The van der Waals surface area contributed by atoms with Crippen LogP contribution >= 0.6 is 15.9 Å².